The van der Waals surface area contributed by atoms with Crippen LogP contribution in [0.5, 0.6) is 5.75 Å². The molecule has 30 heavy (non-hydrogen) atoms. The highest BCUT2D eigenvalue weighted by Crippen LogP contribution is 2.20. The number of carbonyl (C=O) groups excluding carboxylic acids is 1. The third kappa shape index (κ3) is 4.08. The SMILES string of the molecule is Cc1cccc(OC[C@@H]2CCCN(C(=O)Cc3c(C)nc4[nH]nc(C)n4c3=O)C2)c1. The summed E-state index contributed by atoms with van der Waals surface area (Å²) in [7, 11) is 0. The summed E-state index contributed by atoms with van der Waals surface area (Å²) in [6.45, 7) is 7.46. The number of aromatic nitrogens is 4. The first-order chi connectivity index (χ1) is 14.4. The molecule has 4 rings (SSSR count). The number of rotatable bonds is 5. The van der Waals surface area contributed by atoms with Crippen molar-refractivity contribution in [3.63, 3.8) is 0 Å². The van der Waals surface area contributed by atoms with Crippen LogP contribution in [0.1, 0.15) is 35.5 Å². The maximum Gasteiger partial charge on any atom is 0.264 e. The fraction of sp³-hybridized carbons (Fsp3) is 0.455. The smallest absolute Gasteiger partial charge is 0.264 e. The van der Waals surface area contributed by atoms with Gasteiger partial charge < -0.3 is 9.64 Å². The quantitative estimate of drug-likeness (QED) is 0.697. The number of hydrogen-bond acceptors (Lipinski definition) is 5. The number of ether oxygens (including phenoxy) is 1. The molecule has 1 aliphatic heterocycles. The molecule has 1 aromatic carbocycles. The zero-order chi connectivity index (χ0) is 21.3. The van der Waals surface area contributed by atoms with Crippen LogP contribution in [0.15, 0.2) is 29.1 Å². The van der Waals surface area contributed by atoms with Gasteiger partial charge in [0, 0.05) is 24.6 Å². The van der Waals surface area contributed by atoms with Gasteiger partial charge in [0.1, 0.15) is 11.6 Å². The first-order valence-corrected chi connectivity index (χ1v) is 10.3. The van der Waals surface area contributed by atoms with Crippen LogP contribution < -0.4 is 10.3 Å². The molecule has 0 saturated carbocycles. The van der Waals surface area contributed by atoms with Crippen molar-refractivity contribution in [1.82, 2.24) is 24.5 Å². The van der Waals surface area contributed by atoms with Gasteiger partial charge in [-0.3, -0.25) is 9.59 Å². The highest BCUT2D eigenvalue weighted by atomic mass is 16.5. The van der Waals surface area contributed by atoms with Crippen LogP contribution in [-0.4, -0.2) is 50.1 Å². The molecule has 2 aromatic heterocycles. The fourth-order valence-electron chi connectivity index (χ4n) is 4.03. The highest BCUT2D eigenvalue weighted by Gasteiger charge is 2.26. The molecular formula is C22H27N5O3. The summed E-state index contributed by atoms with van der Waals surface area (Å²) in [6.07, 6.45) is 2.01. The van der Waals surface area contributed by atoms with Gasteiger partial charge in [-0.2, -0.15) is 5.10 Å². The number of carbonyl (C=O) groups is 1. The molecule has 1 N–H and O–H groups in total. The Balaban J connectivity index is 1.43. The molecule has 158 valence electrons. The van der Waals surface area contributed by atoms with E-state index in [-0.39, 0.29) is 23.8 Å². The number of nitrogens with zero attached hydrogens (tertiary/aromatic N) is 4. The second-order valence-corrected chi connectivity index (χ2v) is 8.06. The van der Waals surface area contributed by atoms with Gasteiger partial charge in [0.2, 0.25) is 11.7 Å². The van der Waals surface area contributed by atoms with E-state index in [1.54, 1.807) is 13.8 Å². The van der Waals surface area contributed by atoms with E-state index in [1.807, 2.05) is 36.1 Å². The lowest BCUT2D eigenvalue weighted by Crippen LogP contribution is -2.43. The van der Waals surface area contributed by atoms with Crippen LogP contribution in [0.3, 0.4) is 0 Å². The standard InChI is InChI=1S/C22H27N5O3/c1-14-6-4-8-18(10-14)30-13-17-7-5-9-26(12-17)20(28)11-19-15(2)23-22-25-24-16(3)27(22)21(19)29/h4,6,8,10,17H,5,7,9,11-13H2,1-3H3,(H,23,25)/t17-/m1/s1. The molecule has 3 aromatic rings. The molecule has 8 heteroatoms. The minimum Gasteiger partial charge on any atom is -0.493 e. The molecule has 0 radical (unpaired) electrons. The van der Waals surface area contributed by atoms with E-state index in [1.165, 1.54) is 4.40 Å². The Hall–Kier alpha value is -3.16. The number of benzene rings is 1. The molecule has 3 heterocycles. The minimum atomic E-state index is -0.228. The summed E-state index contributed by atoms with van der Waals surface area (Å²) >= 11 is 0. The summed E-state index contributed by atoms with van der Waals surface area (Å²) in [5.74, 6) is 2.03. The van der Waals surface area contributed by atoms with Crippen molar-refractivity contribution in [2.24, 2.45) is 5.92 Å². The lowest BCUT2D eigenvalue weighted by molar-refractivity contribution is -0.132. The number of fused-ring (bicyclic) bond motifs is 1. The third-order valence-corrected chi connectivity index (χ3v) is 5.70. The van der Waals surface area contributed by atoms with E-state index in [9.17, 15) is 9.59 Å². The Morgan fingerprint density at radius 3 is 2.93 bits per heavy atom. The van der Waals surface area contributed by atoms with Crippen LogP contribution in [-0.2, 0) is 11.2 Å². The van der Waals surface area contributed by atoms with E-state index in [2.05, 4.69) is 15.2 Å². The molecule has 0 spiro atoms. The molecule has 0 bridgehead atoms. The van der Waals surface area contributed by atoms with Gasteiger partial charge >= 0.3 is 0 Å². The van der Waals surface area contributed by atoms with Crippen molar-refractivity contribution < 1.29 is 9.53 Å². The third-order valence-electron chi connectivity index (χ3n) is 5.70. The van der Waals surface area contributed by atoms with Gasteiger partial charge in [0.05, 0.1) is 18.7 Å². The van der Waals surface area contributed by atoms with Crippen molar-refractivity contribution in [3.8, 4) is 5.75 Å². The Morgan fingerprint density at radius 2 is 2.13 bits per heavy atom. The van der Waals surface area contributed by atoms with Gasteiger partial charge in [-0.1, -0.05) is 12.1 Å². The molecule has 8 nitrogen and oxygen atoms in total. The van der Waals surface area contributed by atoms with Crippen LogP contribution in [0.2, 0.25) is 0 Å². The average Bonchev–Trinajstić information content (AvgIpc) is 3.10. The number of likely N-dealkylation sites (tertiary alicyclic amines) is 1. The number of nitrogens with one attached hydrogen (secondary N) is 1. The van der Waals surface area contributed by atoms with Gasteiger partial charge in [-0.05, 0) is 51.3 Å². The first-order valence-electron chi connectivity index (χ1n) is 10.3. The Labute approximate surface area is 174 Å². The van der Waals surface area contributed by atoms with Crippen LogP contribution in [0.25, 0.3) is 5.78 Å². The maximum absolute atomic E-state index is 13.0. The highest BCUT2D eigenvalue weighted by molar-refractivity contribution is 5.79. The minimum absolute atomic E-state index is 0.0432. The van der Waals surface area contributed by atoms with Crippen molar-refractivity contribution in [2.45, 2.75) is 40.0 Å². The summed E-state index contributed by atoms with van der Waals surface area (Å²) in [5.41, 5.74) is 1.93. The maximum atomic E-state index is 13.0. The summed E-state index contributed by atoms with van der Waals surface area (Å²) in [4.78, 5) is 32.1. The predicted octanol–water partition coefficient (Wildman–Crippen LogP) is 2.20. The van der Waals surface area contributed by atoms with Crippen LogP contribution >= 0.6 is 0 Å². The molecule has 0 aliphatic carbocycles. The van der Waals surface area contributed by atoms with E-state index in [0.29, 0.717) is 42.6 Å². The largest absolute Gasteiger partial charge is 0.493 e. The van der Waals surface area contributed by atoms with Gasteiger partial charge in [-0.15, -0.1) is 0 Å². The van der Waals surface area contributed by atoms with Gasteiger partial charge in [-0.25, -0.2) is 14.5 Å². The van der Waals surface area contributed by atoms with E-state index < -0.39 is 0 Å². The lowest BCUT2D eigenvalue weighted by Gasteiger charge is -2.32. The van der Waals surface area contributed by atoms with Crippen molar-refractivity contribution in [1.29, 1.82) is 0 Å². The Morgan fingerprint density at radius 1 is 1.30 bits per heavy atom. The summed E-state index contributed by atoms with van der Waals surface area (Å²) in [5, 5.41) is 6.78. The number of aromatic amines is 1. The molecule has 1 aliphatic rings. The van der Waals surface area contributed by atoms with Crippen molar-refractivity contribution >= 4 is 11.7 Å². The second-order valence-electron chi connectivity index (χ2n) is 8.06. The van der Waals surface area contributed by atoms with Crippen LogP contribution in [0, 0.1) is 26.7 Å². The summed E-state index contributed by atoms with van der Waals surface area (Å²) < 4.78 is 7.37. The summed E-state index contributed by atoms with van der Waals surface area (Å²) in [6, 6.07) is 7.99. The Bertz CT molecular complexity index is 1130. The molecule has 1 saturated heterocycles. The van der Waals surface area contributed by atoms with E-state index in [4.69, 9.17) is 4.74 Å². The van der Waals surface area contributed by atoms with Gasteiger partial charge in [0.25, 0.3) is 5.56 Å². The first kappa shape index (κ1) is 20.1. The number of hydrogen-bond donors (Lipinski definition) is 1. The fourth-order valence-corrected chi connectivity index (χ4v) is 4.03. The molecule has 0 unspecified atom stereocenters. The molecule has 1 fully saturated rings. The van der Waals surface area contributed by atoms with E-state index in [0.717, 1.165) is 24.2 Å². The number of H-pyrrole nitrogens is 1. The topological polar surface area (TPSA) is 92.6 Å². The Kier molecular flexibility index (Phi) is 5.57. The van der Waals surface area contributed by atoms with Gasteiger partial charge in [0.15, 0.2) is 0 Å². The monoisotopic (exact) mass is 409 g/mol. The number of aryl methyl sites for hydroxylation is 3. The molecular weight excluding hydrogens is 382 g/mol. The normalized spacial score (nSPS) is 16.8. The van der Waals surface area contributed by atoms with E-state index >= 15 is 0 Å². The zero-order valence-electron chi connectivity index (χ0n) is 17.6. The van der Waals surface area contributed by atoms with Crippen molar-refractivity contribution in [2.75, 3.05) is 19.7 Å². The number of amides is 1. The average molecular weight is 409 g/mol. The number of piperidine rings is 1. The second kappa shape index (κ2) is 8.30. The van der Waals surface area contributed by atoms with Crippen molar-refractivity contribution in [3.05, 3.63) is 57.3 Å². The lowest BCUT2D eigenvalue weighted by atomic mass is 9.98. The van der Waals surface area contributed by atoms with Crippen LogP contribution in [0.4, 0.5) is 0 Å². The predicted molar refractivity (Wildman–Crippen MR) is 113 cm³/mol. The molecule has 1 atom stereocenters. The molecule has 1 amide bonds. The zero-order valence-corrected chi connectivity index (χ0v) is 17.6.